The van der Waals surface area contributed by atoms with Crippen molar-refractivity contribution in [2.75, 3.05) is 18.9 Å². The van der Waals surface area contributed by atoms with Gasteiger partial charge >= 0.3 is 0 Å². The maximum Gasteiger partial charge on any atom is 0.261 e. The number of nitrogens with zero attached hydrogens (tertiary/aromatic N) is 4. The van der Waals surface area contributed by atoms with Crippen molar-refractivity contribution in [3.8, 4) is 11.4 Å². The molecule has 0 saturated carbocycles. The molecule has 3 aromatic heterocycles. The molecule has 4 rings (SSSR count). The van der Waals surface area contributed by atoms with Gasteiger partial charge in [0, 0.05) is 19.3 Å². The number of anilines is 1. The fourth-order valence-electron chi connectivity index (χ4n) is 3.11. The minimum Gasteiger partial charge on any atom is -0.374 e. The zero-order valence-electron chi connectivity index (χ0n) is 18.0. The van der Waals surface area contributed by atoms with Crippen LogP contribution in [0, 0.1) is 0 Å². The highest BCUT2D eigenvalue weighted by Gasteiger charge is 2.13. The third-order valence-corrected chi connectivity index (χ3v) is 6.04. The summed E-state index contributed by atoms with van der Waals surface area (Å²) in [6.45, 7) is 0.199. The van der Waals surface area contributed by atoms with E-state index in [4.69, 9.17) is 11.6 Å². The van der Waals surface area contributed by atoms with Crippen LogP contribution in [0.2, 0.25) is 4.34 Å². The van der Waals surface area contributed by atoms with E-state index in [-0.39, 0.29) is 30.5 Å². The van der Waals surface area contributed by atoms with Crippen LogP contribution in [0.4, 0.5) is 5.69 Å². The molecule has 0 unspecified atom stereocenters. The van der Waals surface area contributed by atoms with Gasteiger partial charge in [-0.3, -0.25) is 19.0 Å². The fourth-order valence-corrected chi connectivity index (χ4v) is 4.07. The predicted octanol–water partition coefficient (Wildman–Crippen LogP) is 2.22. The average Bonchev–Trinajstić information content (AvgIpc) is 3.50. The molecule has 0 aliphatic heterocycles. The van der Waals surface area contributed by atoms with Crippen molar-refractivity contribution in [3.63, 3.8) is 0 Å². The molecule has 0 fully saturated rings. The van der Waals surface area contributed by atoms with Crippen molar-refractivity contribution >= 4 is 40.4 Å². The lowest BCUT2D eigenvalue weighted by molar-refractivity contribution is -0.118. The molecule has 1 aromatic carbocycles. The highest BCUT2D eigenvalue weighted by atomic mass is 35.5. The fraction of sp³-hybridized carbons (Fsp3) is 0.136. The molecule has 34 heavy (non-hydrogen) atoms. The molecule has 0 radical (unpaired) electrons. The van der Waals surface area contributed by atoms with E-state index in [1.165, 1.54) is 26.7 Å². The molecule has 0 spiro atoms. The number of pyridine rings is 1. The molecule has 0 saturated heterocycles. The zero-order chi connectivity index (χ0) is 24.1. The minimum atomic E-state index is -0.253. The molecule has 0 aliphatic rings. The number of nitrogens with one attached hydrogen (secondary N) is 3. The van der Waals surface area contributed by atoms with Crippen LogP contribution in [-0.2, 0) is 11.3 Å². The lowest BCUT2D eigenvalue weighted by Crippen LogP contribution is -2.26. The minimum absolute atomic E-state index is 0.0254. The van der Waals surface area contributed by atoms with Gasteiger partial charge in [0.25, 0.3) is 11.5 Å². The number of aromatic nitrogens is 4. The Hall–Kier alpha value is -3.96. The SMILES string of the molecule is CNC(=O)CNc1cc(-n2ccccc2=O)ccc1-n1cc(CNC(=O)c2ccc(Cl)s2)nn1. The lowest BCUT2D eigenvalue weighted by Gasteiger charge is -2.14. The topological polar surface area (TPSA) is 123 Å². The molecule has 0 bridgehead atoms. The van der Waals surface area contributed by atoms with Crippen LogP contribution in [0.25, 0.3) is 11.4 Å². The summed E-state index contributed by atoms with van der Waals surface area (Å²) in [6.07, 6.45) is 3.34. The molecule has 12 heteroatoms. The van der Waals surface area contributed by atoms with Crippen molar-refractivity contribution in [1.82, 2.24) is 30.2 Å². The molecule has 3 heterocycles. The molecule has 4 aromatic rings. The molecule has 174 valence electrons. The van der Waals surface area contributed by atoms with Gasteiger partial charge < -0.3 is 16.0 Å². The zero-order valence-corrected chi connectivity index (χ0v) is 19.6. The molecular formula is C22H20ClN7O3S. The van der Waals surface area contributed by atoms with Crippen LogP contribution in [-0.4, -0.2) is 45.0 Å². The standard InChI is InChI=1S/C22H20ClN7O3S/c1-24-20(31)12-25-16-10-15(29-9-3-2-4-21(29)32)5-6-17(16)30-13-14(27-28-30)11-26-22(33)18-7-8-19(23)34-18/h2-10,13,25H,11-12H2,1H3,(H,24,31)(H,26,33). The van der Waals surface area contributed by atoms with E-state index in [0.717, 1.165) is 0 Å². The summed E-state index contributed by atoms with van der Waals surface area (Å²) in [4.78, 5) is 36.8. The van der Waals surface area contributed by atoms with E-state index in [9.17, 15) is 14.4 Å². The second-order valence-corrected chi connectivity index (χ2v) is 8.79. The highest BCUT2D eigenvalue weighted by Crippen LogP contribution is 2.24. The highest BCUT2D eigenvalue weighted by molar-refractivity contribution is 7.17. The van der Waals surface area contributed by atoms with Crippen LogP contribution in [0.3, 0.4) is 0 Å². The monoisotopic (exact) mass is 497 g/mol. The number of thiophene rings is 1. The normalized spacial score (nSPS) is 10.6. The second-order valence-electron chi connectivity index (χ2n) is 7.08. The number of hydrogen-bond acceptors (Lipinski definition) is 7. The maximum absolute atomic E-state index is 12.2. The summed E-state index contributed by atoms with van der Waals surface area (Å²) in [7, 11) is 1.55. The predicted molar refractivity (Wildman–Crippen MR) is 130 cm³/mol. The Morgan fingerprint density at radius 2 is 2.00 bits per heavy atom. The summed E-state index contributed by atoms with van der Waals surface area (Å²) >= 11 is 7.08. The summed E-state index contributed by atoms with van der Waals surface area (Å²) in [6, 6.07) is 13.5. The van der Waals surface area contributed by atoms with E-state index < -0.39 is 0 Å². The summed E-state index contributed by atoms with van der Waals surface area (Å²) in [5.74, 6) is -0.457. The quantitative estimate of drug-likeness (QED) is 0.343. The first kappa shape index (κ1) is 23.2. The Morgan fingerprint density at radius 3 is 2.74 bits per heavy atom. The Morgan fingerprint density at radius 1 is 1.15 bits per heavy atom. The van der Waals surface area contributed by atoms with Crippen LogP contribution >= 0.6 is 22.9 Å². The van der Waals surface area contributed by atoms with Crippen LogP contribution < -0.4 is 21.5 Å². The lowest BCUT2D eigenvalue weighted by atomic mass is 10.2. The van der Waals surface area contributed by atoms with Crippen LogP contribution in [0.1, 0.15) is 15.4 Å². The first-order chi connectivity index (χ1) is 16.4. The van der Waals surface area contributed by atoms with E-state index in [1.807, 2.05) is 0 Å². The summed E-state index contributed by atoms with van der Waals surface area (Å²) in [5.41, 5.74) is 2.17. The Kier molecular flexibility index (Phi) is 7.04. The summed E-state index contributed by atoms with van der Waals surface area (Å²) < 4.78 is 3.57. The van der Waals surface area contributed by atoms with Crippen LogP contribution in [0.15, 0.2) is 65.7 Å². The third-order valence-electron chi connectivity index (χ3n) is 4.81. The summed E-state index contributed by atoms with van der Waals surface area (Å²) in [5, 5.41) is 16.7. The van der Waals surface area contributed by atoms with Gasteiger partial charge in [-0.15, -0.1) is 16.4 Å². The van der Waals surface area contributed by atoms with Crippen molar-refractivity contribution < 1.29 is 9.59 Å². The van der Waals surface area contributed by atoms with Gasteiger partial charge in [-0.25, -0.2) is 4.68 Å². The number of hydrogen-bond donors (Lipinski definition) is 3. The van der Waals surface area contributed by atoms with Crippen molar-refractivity contribution in [3.05, 3.63) is 86.2 Å². The number of carbonyl (C=O) groups is 2. The molecule has 10 nitrogen and oxygen atoms in total. The number of rotatable bonds is 8. The van der Waals surface area contributed by atoms with E-state index in [0.29, 0.717) is 32.0 Å². The number of halogens is 1. The Bertz CT molecular complexity index is 1390. The van der Waals surface area contributed by atoms with Gasteiger partial charge in [0.05, 0.1) is 45.6 Å². The van der Waals surface area contributed by atoms with Gasteiger partial charge in [0.2, 0.25) is 5.91 Å². The largest absolute Gasteiger partial charge is 0.374 e. The van der Waals surface area contributed by atoms with E-state index in [2.05, 4.69) is 26.3 Å². The van der Waals surface area contributed by atoms with Crippen molar-refractivity contribution in [2.45, 2.75) is 6.54 Å². The second kappa shape index (κ2) is 10.3. The number of benzene rings is 1. The van der Waals surface area contributed by atoms with Gasteiger partial charge in [0.1, 0.15) is 5.69 Å². The first-order valence-corrected chi connectivity index (χ1v) is 11.4. The smallest absolute Gasteiger partial charge is 0.261 e. The maximum atomic E-state index is 12.2. The van der Waals surface area contributed by atoms with Gasteiger partial charge in [0.15, 0.2) is 0 Å². The number of amides is 2. The van der Waals surface area contributed by atoms with Gasteiger partial charge in [-0.05, 0) is 36.4 Å². The number of likely N-dealkylation sites (N-methyl/N-ethyl adjacent to an activating group) is 1. The molecular weight excluding hydrogens is 478 g/mol. The van der Waals surface area contributed by atoms with Crippen molar-refractivity contribution in [2.24, 2.45) is 0 Å². The van der Waals surface area contributed by atoms with Crippen molar-refractivity contribution in [1.29, 1.82) is 0 Å². The number of carbonyl (C=O) groups excluding carboxylic acids is 2. The average molecular weight is 498 g/mol. The molecule has 2 amide bonds. The molecule has 0 atom stereocenters. The van der Waals surface area contributed by atoms with E-state index >= 15 is 0 Å². The molecule has 0 aliphatic carbocycles. The van der Waals surface area contributed by atoms with Gasteiger partial charge in [-0.2, -0.15) is 0 Å². The van der Waals surface area contributed by atoms with Crippen LogP contribution in [0.5, 0.6) is 0 Å². The van der Waals surface area contributed by atoms with E-state index in [1.54, 1.807) is 61.9 Å². The Labute approximate surface area is 203 Å². The first-order valence-electron chi connectivity index (χ1n) is 10.2. The molecule has 3 N–H and O–H groups in total. The third kappa shape index (κ3) is 5.33. The van der Waals surface area contributed by atoms with Gasteiger partial charge in [-0.1, -0.05) is 22.9 Å². The Balaban J connectivity index is 1.58.